The predicted molar refractivity (Wildman–Crippen MR) is 86.5 cm³/mol. The highest BCUT2D eigenvalue weighted by atomic mass is 16.5. The van der Waals surface area contributed by atoms with E-state index in [2.05, 4.69) is 10.1 Å². The van der Waals surface area contributed by atoms with Crippen molar-refractivity contribution in [3.63, 3.8) is 0 Å². The molecule has 1 atom stereocenters. The van der Waals surface area contributed by atoms with Crippen molar-refractivity contribution in [1.82, 2.24) is 15.0 Å². The van der Waals surface area contributed by atoms with E-state index in [1.54, 1.807) is 7.11 Å². The third-order valence-corrected chi connectivity index (χ3v) is 5.18. The standard InChI is InChI=1S/C17H27N3O4/c1-13-18-15(24-19-13)11-14-3-10-23-17(12-14)5-7-20(8-6-17)16(21)4-9-22-2/h14H,3-12H2,1-2H3. The molecule has 1 unspecified atom stereocenters. The maximum absolute atomic E-state index is 12.1. The molecule has 0 N–H and O–H groups in total. The molecular weight excluding hydrogens is 310 g/mol. The third kappa shape index (κ3) is 4.13. The smallest absolute Gasteiger partial charge is 0.226 e. The van der Waals surface area contributed by atoms with Crippen molar-refractivity contribution in [2.24, 2.45) is 5.92 Å². The van der Waals surface area contributed by atoms with Gasteiger partial charge in [0.1, 0.15) is 0 Å². The van der Waals surface area contributed by atoms with Crippen LogP contribution >= 0.6 is 0 Å². The van der Waals surface area contributed by atoms with E-state index in [0.717, 1.165) is 57.7 Å². The average Bonchev–Trinajstić information content (AvgIpc) is 2.98. The van der Waals surface area contributed by atoms with Crippen LogP contribution in [0, 0.1) is 12.8 Å². The zero-order valence-corrected chi connectivity index (χ0v) is 14.6. The lowest BCUT2D eigenvalue weighted by atomic mass is 9.78. The maximum Gasteiger partial charge on any atom is 0.226 e. The van der Waals surface area contributed by atoms with Crippen LogP contribution in [0.3, 0.4) is 0 Å². The Morgan fingerprint density at radius 3 is 2.88 bits per heavy atom. The number of rotatable bonds is 5. The number of methoxy groups -OCH3 is 1. The van der Waals surface area contributed by atoms with E-state index in [0.29, 0.717) is 24.8 Å². The minimum absolute atomic E-state index is 0.0873. The van der Waals surface area contributed by atoms with Crippen molar-refractivity contribution >= 4 is 5.91 Å². The van der Waals surface area contributed by atoms with Gasteiger partial charge in [-0.2, -0.15) is 4.98 Å². The van der Waals surface area contributed by atoms with Crippen LogP contribution in [0.15, 0.2) is 4.52 Å². The molecule has 24 heavy (non-hydrogen) atoms. The topological polar surface area (TPSA) is 77.7 Å². The molecule has 1 amide bonds. The Bertz CT molecular complexity index is 552. The molecule has 0 bridgehead atoms. The molecule has 0 saturated carbocycles. The highest BCUT2D eigenvalue weighted by Gasteiger charge is 2.41. The Kier molecular flexibility index (Phi) is 5.50. The number of aryl methyl sites for hydroxylation is 1. The van der Waals surface area contributed by atoms with Crippen molar-refractivity contribution in [3.05, 3.63) is 11.7 Å². The lowest BCUT2D eigenvalue weighted by molar-refractivity contribution is -0.147. The molecule has 0 aliphatic carbocycles. The molecule has 2 aliphatic rings. The average molecular weight is 337 g/mol. The van der Waals surface area contributed by atoms with Gasteiger partial charge >= 0.3 is 0 Å². The van der Waals surface area contributed by atoms with E-state index in [1.807, 2.05) is 11.8 Å². The zero-order chi connectivity index (χ0) is 17.0. The number of aromatic nitrogens is 2. The molecule has 7 nitrogen and oxygen atoms in total. The molecule has 0 aromatic carbocycles. The van der Waals surface area contributed by atoms with Crippen LogP contribution in [0.2, 0.25) is 0 Å². The predicted octanol–water partition coefficient (Wildman–Crippen LogP) is 1.74. The second-order valence-corrected chi connectivity index (χ2v) is 6.95. The Balaban J connectivity index is 1.52. The molecular formula is C17H27N3O4. The molecule has 2 fully saturated rings. The van der Waals surface area contributed by atoms with Crippen LogP contribution < -0.4 is 0 Å². The van der Waals surface area contributed by atoms with Crippen LogP contribution in [0.4, 0.5) is 0 Å². The van der Waals surface area contributed by atoms with E-state index in [-0.39, 0.29) is 11.5 Å². The number of carbonyl (C=O) groups is 1. The van der Waals surface area contributed by atoms with E-state index in [1.165, 1.54) is 0 Å². The fourth-order valence-electron chi connectivity index (χ4n) is 3.83. The Hall–Kier alpha value is -1.47. The Labute approximate surface area is 142 Å². The number of nitrogens with zero attached hydrogens (tertiary/aromatic N) is 3. The second kappa shape index (κ2) is 7.61. The first kappa shape index (κ1) is 17.4. The minimum Gasteiger partial charge on any atom is -0.384 e. The van der Waals surface area contributed by atoms with Crippen molar-refractivity contribution in [2.75, 3.05) is 33.4 Å². The number of hydrogen-bond donors (Lipinski definition) is 0. The molecule has 3 heterocycles. The first-order chi connectivity index (χ1) is 11.6. The Morgan fingerprint density at radius 1 is 1.42 bits per heavy atom. The monoisotopic (exact) mass is 337 g/mol. The number of likely N-dealkylation sites (tertiary alicyclic amines) is 1. The van der Waals surface area contributed by atoms with E-state index >= 15 is 0 Å². The van der Waals surface area contributed by atoms with Gasteiger partial charge in [0.05, 0.1) is 18.6 Å². The molecule has 134 valence electrons. The van der Waals surface area contributed by atoms with Crippen LogP contribution in [-0.4, -0.2) is 60.0 Å². The van der Waals surface area contributed by atoms with Gasteiger partial charge in [-0.15, -0.1) is 0 Å². The number of piperidine rings is 1. The quantitative estimate of drug-likeness (QED) is 0.814. The Morgan fingerprint density at radius 2 is 2.21 bits per heavy atom. The van der Waals surface area contributed by atoms with E-state index in [9.17, 15) is 4.79 Å². The first-order valence-electron chi connectivity index (χ1n) is 8.80. The van der Waals surface area contributed by atoms with Gasteiger partial charge in [0.25, 0.3) is 0 Å². The van der Waals surface area contributed by atoms with Crippen molar-refractivity contribution in [3.8, 4) is 0 Å². The highest BCUT2D eigenvalue weighted by Crippen LogP contribution is 2.38. The molecule has 0 radical (unpaired) electrons. The van der Waals surface area contributed by atoms with Gasteiger partial charge in [-0.1, -0.05) is 5.16 Å². The van der Waals surface area contributed by atoms with Gasteiger partial charge in [0.2, 0.25) is 11.8 Å². The van der Waals surface area contributed by atoms with Gasteiger partial charge in [-0.25, -0.2) is 0 Å². The summed E-state index contributed by atoms with van der Waals surface area (Å²) < 4.78 is 16.4. The molecule has 1 aromatic rings. The first-order valence-corrected chi connectivity index (χ1v) is 8.80. The largest absolute Gasteiger partial charge is 0.384 e. The summed E-state index contributed by atoms with van der Waals surface area (Å²) in [6.07, 6.45) is 5.14. The molecule has 2 aliphatic heterocycles. The van der Waals surface area contributed by atoms with Crippen LogP contribution in [0.25, 0.3) is 0 Å². The lowest BCUT2D eigenvalue weighted by Crippen LogP contribution is -2.51. The van der Waals surface area contributed by atoms with E-state index in [4.69, 9.17) is 14.0 Å². The summed E-state index contributed by atoms with van der Waals surface area (Å²) in [7, 11) is 1.62. The van der Waals surface area contributed by atoms with Gasteiger partial charge in [-0.05, 0) is 38.5 Å². The van der Waals surface area contributed by atoms with Gasteiger partial charge in [0, 0.05) is 33.2 Å². The second-order valence-electron chi connectivity index (χ2n) is 6.95. The summed E-state index contributed by atoms with van der Waals surface area (Å²) >= 11 is 0. The van der Waals surface area contributed by atoms with Crippen molar-refractivity contribution in [2.45, 2.75) is 51.0 Å². The summed E-state index contributed by atoms with van der Waals surface area (Å²) in [6.45, 7) is 4.65. The highest BCUT2D eigenvalue weighted by molar-refractivity contribution is 5.76. The summed E-state index contributed by atoms with van der Waals surface area (Å²) in [5, 5.41) is 3.87. The fourth-order valence-corrected chi connectivity index (χ4v) is 3.83. The fraction of sp³-hybridized carbons (Fsp3) is 0.824. The number of hydrogen-bond acceptors (Lipinski definition) is 6. The molecule has 2 saturated heterocycles. The van der Waals surface area contributed by atoms with Gasteiger partial charge in [-0.3, -0.25) is 4.79 Å². The summed E-state index contributed by atoms with van der Waals surface area (Å²) in [4.78, 5) is 18.4. The number of amides is 1. The molecule has 1 aromatic heterocycles. The molecule has 7 heteroatoms. The van der Waals surface area contributed by atoms with Gasteiger partial charge < -0.3 is 18.9 Å². The molecule has 3 rings (SSSR count). The third-order valence-electron chi connectivity index (χ3n) is 5.18. The number of ether oxygens (including phenoxy) is 2. The SMILES string of the molecule is COCCC(=O)N1CCC2(CC1)CC(Cc1nc(C)no1)CCO2. The van der Waals surface area contributed by atoms with Crippen molar-refractivity contribution in [1.29, 1.82) is 0 Å². The molecule has 1 spiro atoms. The van der Waals surface area contributed by atoms with Crippen LogP contribution in [0.1, 0.15) is 43.8 Å². The normalized spacial score (nSPS) is 23.6. The van der Waals surface area contributed by atoms with Crippen LogP contribution in [-0.2, 0) is 20.7 Å². The summed E-state index contributed by atoms with van der Waals surface area (Å²) in [5.41, 5.74) is -0.0873. The summed E-state index contributed by atoms with van der Waals surface area (Å²) in [5.74, 6) is 2.10. The maximum atomic E-state index is 12.1. The lowest BCUT2D eigenvalue weighted by Gasteiger charge is -2.46. The zero-order valence-electron chi connectivity index (χ0n) is 14.6. The van der Waals surface area contributed by atoms with Crippen molar-refractivity contribution < 1.29 is 18.8 Å². The van der Waals surface area contributed by atoms with E-state index < -0.39 is 0 Å². The number of carbonyl (C=O) groups excluding carboxylic acids is 1. The van der Waals surface area contributed by atoms with Crippen LogP contribution in [0.5, 0.6) is 0 Å². The summed E-state index contributed by atoms with van der Waals surface area (Å²) in [6, 6.07) is 0. The minimum atomic E-state index is -0.0873. The van der Waals surface area contributed by atoms with Gasteiger partial charge in [0.15, 0.2) is 5.82 Å².